The standard InChI is InChI=1S/C22H22F3NO2/c23-22(24,25)18-7-3-4-8-19(18)28-15-20(27)26-13-11-21(12-14-26)10-9-16-5-1-2-6-17(16)21/h1-8H,9-15H2. The Kier molecular flexibility index (Phi) is 4.81. The second-order valence-corrected chi connectivity index (χ2v) is 7.60. The van der Waals surface area contributed by atoms with Gasteiger partial charge in [-0.15, -0.1) is 0 Å². The lowest BCUT2D eigenvalue weighted by Gasteiger charge is -2.40. The van der Waals surface area contributed by atoms with E-state index in [2.05, 4.69) is 24.3 Å². The van der Waals surface area contributed by atoms with Crippen LogP contribution in [0.1, 0.15) is 36.0 Å². The zero-order chi connectivity index (χ0) is 19.8. The fourth-order valence-corrected chi connectivity index (χ4v) is 4.53. The number of carbonyl (C=O) groups is 1. The minimum atomic E-state index is -4.51. The quantitative estimate of drug-likeness (QED) is 0.768. The number of hydrogen-bond acceptors (Lipinski definition) is 2. The monoisotopic (exact) mass is 389 g/mol. The highest BCUT2D eigenvalue weighted by atomic mass is 19.4. The second kappa shape index (κ2) is 7.15. The molecule has 0 unspecified atom stereocenters. The van der Waals surface area contributed by atoms with Gasteiger partial charge < -0.3 is 9.64 Å². The van der Waals surface area contributed by atoms with E-state index < -0.39 is 11.7 Å². The van der Waals surface area contributed by atoms with Crippen molar-refractivity contribution in [3.63, 3.8) is 0 Å². The molecule has 1 heterocycles. The summed E-state index contributed by atoms with van der Waals surface area (Å²) in [6, 6.07) is 13.5. The summed E-state index contributed by atoms with van der Waals surface area (Å²) in [5.41, 5.74) is 2.08. The first kappa shape index (κ1) is 18.8. The van der Waals surface area contributed by atoms with Crippen molar-refractivity contribution in [1.82, 2.24) is 4.90 Å². The summed E-state index contributed by atoms with van der Waals surface area (Å²) >= 11 is 0. The summed E-state index contributed by atoms with van der Waals surface area (Å²) in [7, 11) is 0. The lowest BCUT2D eigenvalue weighted by Crippen LogP contribution is -2.46. The van der Waals surface area contributed by atoms with Gasteiger partial charge in [-0.3, -0.25) is 4.79 Å². The van der Waals surface area contributed by atoms with Gasteiger partial charge in [0.05, 0.1) is 5.56 Å². The molecular weight excluding hydrogens is 367 g/mol. The molecule has 28 heavy (non-hydrogen) atoms. The van der Waals surface area contributed by atoms with Gasteiger partial charge in [0.1, 0.15) is 5.75 Å². The third-order valence-electron chi connectivity index (χ3n) is 6.08. The van der Waals surface area contributed by atoms with Gasteiger partial charge in [-0.1, -0.05) is 36.4 Å². The number of alkyl halides is 3. The average Bonchev–Trinajstić information content (AvgIpc) is 3.05. The summed E-state index contributed by atoms with van der Waals surface area (Å²) in [6.45, 7) is 0.839. The Morgan fingerprint density at radius 1 is 1.00 bits per heavy atom. The van der Waals surface area contributed by atoms with Crippen molar-refractivity contribution in [2.45, 2.75) is 37.3 Å². The van der Waals surface area contributed by atoms with Crippen LogP contribution in [0.2, 0.25) is 0 Å². The van der Waals surface area contributed by atoms with Crippen molar-refractivity contribution in [3.05, 3.63) is 65.2 Å². The predicted molar refractivity (Wildman–Crippen MR) is 99.2 cm³/mol. The van der Waals surface area contributed by atoms with E-state index in [1.54, 1.807) is 4.90 Å². The molecule has 1 amide bonds. The van der Waals surface area contributed by atoms with Crippen LogP contribution in [0.15, 0.2) is 48.5 Å². The third kappa shape index (κ3) is 3.48. The first-order valence-electron chi connectivity index (χ1n) is 9.54. The molecule has 0 bridgehead atoms. The Morgan fingerprint density at radius 3 is 2.43 bits per heavy atom. The maximum absolute atomic E-state index is 13.0. The van der Waals surface area contributed by atoms with Crippen LogP contribution in [0.25, 0.3) is 0 Å². The molecule has 0 N–H and O–H groups in total. The van der Waals surface area contributed by atoms with Crippen LogP contribution < -0.4 is 4.74 Å². The molecule has 1 fully saturated rings. The van der Waals surface area contributed by atoms with E-state index in [0.29, 0.717) is 13.1 Å². The van der Waals surface area contributed by atoms with Crippen molar-refractivity contribution in [3.8, 4) is 5.75 Å². The Bertz CT molecular complexity index is 870. The lowest BCUT2D eigenvalue weighted by atomic mass is 9.74. The van der Waals surface area contributed by atoms with Crippen molar-refractivity contribution < 1.29 is 22.7 Å². The Morgan fingerprint density at radius 2 is 1.68 bits per heavy atom. The van der Waals surface area contributed by atoms with E-state index in [4.69, 9.17) is 4.74 Å². The molecule has 0 aromatic heterocycles. The second-order valence-electron chi connectivity index (χ2n) is 7.60. The van der Waals surface area contributed by atoms with E-state index in [-0.39, 0.29) is 23.7 Å². The van der Waals surface area contributed by atoms with Crippen molar-refractivity contribution in [2.24, 2.45) is 0 Å². The van der Waals surface area contributed by atoms with Gasteiger partial charge in [-0.2, -0.15) is 13.2 Å². The highest BCUT2D eigenvalue weighted by Gasteiger charge is 2.41. The Hall–Kier alpha value is -2.50. The molecule has 2 aliphatic rings. The van der Waals surface area contributed by atoms with Crippen molar-refractivity contribution in [2.75, 3.05) is 19.7 Å². The van der Waals surface area contributed by atoms with Crippen LogP contribution in [0.5, 0.6) is 5.75 Å². The maximum Gasteiger partial charge on any atom is 0.419 e. The van der Waals surface area contributed by atoms with Crippen LogP contribution in [0.3, 0.4) is 0 Å². The summed E-state index contributed by atoms with van der Waals surface area (Å²) in [4.78, 5) is 14.2. The Labute approximate surface area is 162 Å². The van der Waals surface area contributed by atoms with Crippen LogP contribution in [0.4, 0.5) is 13.2 Å². The summed E-state index contributed by atoms with van der Waals surface area (Å²) < 4.78 is 44.4. The molecule has 0 saturated carbocycles. The third-order valence-corrected chi connectivity index (χ3v) is 6.08. The van der Waals surface area contributed by atoms with Gasteiger partial charge in [0.15, 0.2) is 6.61 Å². The number of carbonyl (C=O) groups excluding carboxylic acids is 1. The predicted octanol–water partition coefficient (Wildman–Crippen LogP) is 4.59. The van der Waals surface area contributed by atoms with E-state index in [9.17, 15) is 18.0 Å². The topological polar surface area (TPSA) is 29.5 Å². The van der Waals surface area contributed by atoms with Gasteiger partial charge in [-0.05, 0) is 54.4 Å². The Balaban J connectivity index is 1.37. The highest BCUT2D eigenvalue weighted by molar-refractivity contribution is 5.78. The fraction of sp³-hybridized carbons (Fsp3) is 0.409. The fourth-order valence-electron chi connectivity index (χ4n) is 4.53. The van der Waals surface area contributed by atoms with Gasteiger partial charge >= 0.3 is 6.18 Å². The molecule has 2 aromatic carbocycles. The zero-order valence-corrected chi connectivity index (χ0v) is 15.5. The molecule has 1 aliphatic heterocycles. The number of fused-ring (bicyclic) bond motifs is 2. The van der Waals surface area contributed by atoms with Crippen molar-refractivity contribution >= 4 is 5.91 Å². The molecule has 1 saturated heterocycles. The van der Waals surface area contributed by atoms with E-state index in [1.807, 2.05) is 0 Å². The number of rotatable bonds is 3. The molecule has 0 radical (unpaired) electrons. The number of likely N-dealkylation sites (tertiary alicyclic amines) is 1. The average molecular weight is 389 g/mol. The molecule has 148 valence electrons. The number of para-hydroxylation sites is 1. The van der Waals surface area contributed by atoms with E-state index in [1.165, 1.54) is 29.3 Å². The van der Waals surface area contributed by atoms with Crippen LogP contribution >= 0.6 is 0 Å². The summed E-state index contributed by atoms with van der Waals surface area (Å²) in [5.74, 6) is -0.570. The molecule has 0 atom stereocenters. The number of amides is 1. The molecule has 1 spiro atoms. The van der Waals surface area contributed by atoms with Crippen LogP contribution in [0, 0.1) is 0 Å². The largest absolute Gasteiger partial charge is 0.483 e. The van der Waals surface area contributed by atoms with E-state index >= 15 is 0 Å². The van der Waals surface area contributed by atoms with Crippen LogP contribution in [-0.2, 0) is 22.8 Å². The first-order chi connectivity index (χ1) is 13.4. The molecule has 3 nitrogen and oxygen atoms in total. The van der Waals surface area contributed by atoms with Gasteiger partial charge in [0.2, 0.25) is 0 Å². The lowest BCUT2D eigenvalue weighted by molar-refractivity contribution is -0.141. The van der Waals surface area contributed by atoms with Gasteiger partial charge in [0.25, 0.3) is 5.91 Å². The maximum atomic E-state index is 13.0. The molecule has 6 heteroatoms. The van der Waals surface area contributed by atoms with Gasteiger partial charge in [-0.25, -0.2) is 0 Å². The zero-order valence-electron chi connectivity index (χ0n) is 15.5. The molecule has 2 aromatic rings. The molecule has 4 rings (SSSR count). The number of piperidine rings is 1. The summed E-state index contributed by atoms with van der Waals surface area (Å²) in [6.07, 6.45) is -0.567. The molecular formula is C22H22F3NO2. The normalized spacial score (nSPS) is 18.2. The number of benzene rings is 2. The number of halogens is 3. The number of aryl methyl sites for hydroxylation is 1. The van der Waals surface area contributed by atoms with E-state index in [0.717, 1.165) is 31.7 Å². The highest BCUT2D eigenvalue weighted by Crippen LogP contribution is 2.46. The minimum absolute atomic E-state index is 0.136. The van der Waals surface area contributed by atoms with Crippen LogP contribution in [-0.4, -0.2) is 30.5 Å². The minimum Gasteiger partial charge on any atom is -0.483 e. The first-order valence-corrected chi connectivity index (χ1v) is 9.54. The number of ether oxygens (including phenoxy) is 1. The number of hydrogen-bond donors (Lipinski definition) is 0. The van der Waals surface area contributed by atoms with Gasteiger partial charge in [0, 0.05) is 13.1 Å². The van der Waals surface area contributed by atoms with Crippen molar-refractivity contribution in [1.29, 1.82) is 0 Å². The summed E-state index contributed by atoms with van der Waals surface area (Å²) in [5, 5.41) is 0. The smallest absolute Gasteiger partial charge is 0.419 e. The SMILES string of the molecule is O=C(COc1ccccc1C(F)(F)F)N1CCC2(CCc3ccccc32)CC1. The molecule has 1 aliphatic carbocycles. The number of nitrogens with zero attached hydrogens (tertiary/aromatic N) is 1.